The molecule has 1 aromatic heterocycles. The zero-order chi connectivity index (χ0) is 16.0. The van der Waals surface area contributed by atoms with Crippen LogP contribution in [0.25, 0.3) is 10.6 Å². The van der Waals surface area contributed by atoms with Crippen LogP contribution in [-0.4, -0.2) is 30.4 Å². The third kappa shape index (κ3) is 2.55. The minimum absolute atomic E-state index is 0.341. The highest BCUT2D eigenvalue weighted by Gasteiger charge is 2.52. The highest BCUT2D eigenvalue weighted by molar-refractivity contribution is 7.24. The van der Waals surface area contributed by atoms with Gasteiger partial charge in [0.2, 0.25) is 0 Å². The molecule has 116 valence electrons. The van der Waals surface area contributed by atoms with E-state index in [-0.39, 0.29) is 18.3 Å². The molecular formula is C16H20BNO3S. The summed E-state index contributed by atoms with van der Waals surface area (Å²) in [5.41, 5.74) is 0.302. The van der Waals surface area contributed by atoms with Gasteiger partial charge in [0.1, 0.15) is 10.8 Å². The largest absolute Gasteiger partial charge is 0.507 e. The molecule has 0 atom stereocenters. The minimum atomic E-state index is -0.369. The molecule has 0 bridgehead atoms. The van der Waals surface area contributed by atoms with Gasteiger partial charge in [-0.15, -0.1) is 11.3 Å². The first kappa shape index (κ1) is 15.5. The Hall–Kier alpha value is -1.37. The van der Waals surface area contributed by atoms with Crippen molar-refractivity contribution in [2.24, 2.45) is 0 Å². The second-order valence-corrected chi connectivity index (χ2v) is 7.42. The summed E-state index contributed by atoms with van der Waals surface area (Å²) >= 11 is 1.57. The molecule has 22 heavy (non-hydrogen) atoms. The van der Waals surface area contributed by atoms with Crippen molar-refractivity contribution in [3.63, 3.8) is 0 Å². The Bertz CT molecular complexity index is 668. The Kier molecular flexibility index (Phi) is 3.79. The van der Waals surface area contributed by atoms with Crippen LogP contribution in [0.1, 0.15) is 27.7 Å². The van der Waals surface area contributed by atoms with Gasteiger partial charge in [-0.05, 0) is 39.8 Å². The van der Waals surface area contributed by atoms with E-state index < -0.39 is 0 Å². The summed E-state index contributed by atoms with van der Waals surface area (Å²) in [6, 6.07) is 7.87. The molecule has 0 radical (unpaired) electrons. The molecule has 1 aromatic carbocycles. The van der Waals surface area contributed by atoms with Crippen LogP contribution in [0.3, 0.4) is 0 Å². The Morgan fingerprint density at radius 3 is 2.36 bits per heavy atom. The second-order valence-electron chi connectivity index (χ2n) is 6.36. The van der Waals surface area contributed by atoms with Crippen LogP contribution in [0.5, 0.6) is 5.75 Å². The van der Waals surface area contributed by atoms with Gasteiger partial charge in [0.05, 0.1) is 28.7 Å². The first-order valence-electron chi connectivity index (χ1n) is 7.29. The number of ether oxygens (including phenoxy) is 1. The summed E-state index contributed by atoms with van der Waals surface area (Å²) in [7, 11) is 1.30. The number of hydrogen-bond acceptors (Lipinski definition) is 5. The molecule has 1 aliphatic heterocycles. The molecule has 1 fully saturated rings. The van der Waals surface area contributed by atoms with Gasteiger partial charge >= 0.3 is 7.12 Å². The predicted octanol–water partition coefficient (Wildman–Crippen LogP) is 3.12. The number of hydrogen-bond donors (Lipinski definition) is 0. The fraction of sp³-hybridized carbons (Fsp3) is 0.438. The van der Waals surface area contributed by atoms with Crippen LogP contribution in [0.15, 0.2) is 30.5 Å². The molecule has 0 N–H and O–H groups in total. The summed E-state index contributed by atoms with van der Waals surface area (Å²) in [6.45, 7) is 8.20. The van der Waals surface area contributed by atoms with Crippen molar-refractivity contribution in [1.82, 2.24) is 4.98 Å². The summed E-state index contributed by atoms with van der Waals surface area (Å²) in [5.74, 6) is 0.817. The minimum Gasteiger partial charge on any atom is -0.496 e. The summed E-state index contributed by atoms with van der Waals surface area (Å²) in [4.78, 5) is 4.51. The molecule has 1 aliphatic rings. The van der Waals surface area contributed by atoms with E-state index >= 15 is 0 Å². The van der Waals surface area contributed by atoms with E-state index in [4.69, 9.17) is 14.0 Å². The molecule has 0 saturated carbocycles. The highest BCUT2D eigenvalue weighted by Crippen LogP contribution is 2.37. The lowest BCUT2D eigenvalue weighted by atomic mass is 9.89. The van der Waals surface area contributed by atoms with Gasteiger partial charge < -0.3 is 14.0 Å². The topological polar surface area (TPSA) is 40.6 Å². The standard InChI is InChI=1S/C16H20BNO3S/c1-15(2)16(3,4)21-17(20-15)13-10-18-14(22-13)11-8-6-7-9-12(11)19-5/h6-10H,1-5H3. The van der Waals surface area contributed by atoms with E-state index in [1.807, 2.05) is 30.5 Å². The first-order valence-corrected chi connectivity index (χ1v) is 8.10. The summed E-state index contributed by atoms with van der Waals surface area (Å²) in [6.07, 6.45) is 1.83. The Balaban J connectivity index is 1.89. The zero-order valence-electron chi connectivity index (χ0n) is 13.5. The number of aromatic nitrogens is 1. The van der Waals surface area contributed by atoms with Gasteiger partial charge in [-0.1, -0.05) is 12.1 Å². The van der Waals surface area contributed by atoms with Crippen molar-refractivity contribution in [1.29, 1.82) is 0 Å². The van der Waals surface area contributed by atoms with E-state index in [9.17, 15) is 0 Å². The summed E-state index contributed by atoms with van der Waals surface area (Å²) < 4.78 is 18.5. The SMILES string of the molecule is COc1ccccc1-c1ncc(B2OC(C)(C)C(C)(C)O2)s1. The fourth-order valence-electron chi connectivity index (χ4n) is 2.30. The molecule has 0 unspecified atom stereocenters. The van der Waals surface area contributed by atoms with E-state index in [2.05, 4.69) is 32.7 Å². The molecular weight excluding hydrogens is 297 g/mol. The van der Waals surface area contributed by atoms with Crippen LogP contribution >= 0.6 is 11.3 Å². The van der Waals surface area contributed by atoms with Crippen molar-refractivity contribution >= 4 is 23.2 Å². The summed E-state index contributed by atoms with van der Waals surface area (Å²) in [5, 5.41) is 0.905. The van der Waals surface area contributed by atoms with Crippen LogP contribution < -0.4 is 9.51 Å². The van der Waals surface area contributed by atoms with Crippen LogP contribution in [0.2, 0.25) is 0 Å². The van der Waals surface area contributed by atoms with Gasteiger partial charge in [-0.2, -0.15) is 0 Å². The van der Waals surface area contributed by atoms with Gasteiger partial charge in [-0.3, -0.25) is 0 Å². The lowest BCUT2D eigenvalue weighted by Crippen LogP contribution is -2.41. The number of benzene rings is 1. The van der Waals surface area contributed by atoms with Crippen LogP contribution in [0, 0.1) is 0 Å². The zero-order valence-corrected chi connectivity index (χ0v) is 14.4. The molecule has 1 saturated heterocycles. The maximum atomic E-state index is 6.07. The van der Waals surface area contributed by atoms with Crippen LogP contribution in [0.4, 0.5) is 0 Å². The number of rotatable bonds is 3. The van der Waals surface area contributed by atoms with Crippen molar-refractivity contribution in [3.8, 4) is 16.3 Å². The molecule has 2 aromatic rings. The normalized spacial score (nSPS) is 19.4. The van der Waals surface area contributed by atoms with E-state index in [0.29, 0.717) is 0 Å². The average molecular weight is 317 g/mol. The average Bonchev–Trinajstić information content (AvgIpc) is 3.02. The van der Waals surface area contributed by atoms with Gasteiger partial charge in [0.15, 0.2) is 0 Å². The number of thiazole rings is 1. The van der Waals surface area contributed by atoms with Crippen LogP contribution in [-0.2, 0) is 9.31 Å². The molecule has 0 spiro atoms. The molecule has 4 nitrogen and oxygen atoms in total. The van der Waals surface area contributed by atoms with Gasteiger partial charge in [0.25, 0.3) is 0 Å². The lowest BCUT2D eigenvalue weighted by Gasteiger charge is -2.32. The quantitative estimate of drug-likeness (QED) is 0.816. The fourth-order valence-corrected chi connectivity index (χ4v) is 3.21. The Morgan fingerprint density at radius 2 is 1.73 bits per heavy atom. The van der Waals surface area contributed by atoms with Crippen molar-refractivity contribution in [2.45, 2.75) is 38.9 Å². The monoisotopic (exact) mass is 317 g/mol. The van der Waals surface area contributed by atoms with Gasteiger partial charge in [0, 0.05) is 6.20 Å². The number of methoxy groups -OCH3 is 1. The van der Waals surface area contributed by atoms with E-state index in [1.54, 1.807) is 18.4 Å². The van der Waals surface area contributed by atoms with E-state index in [1.165, 1.54) is 0 Å². The highest BCUT2D eigenvalue weighted by atomic mass is 32.1. The smallest absolute Gasteiger partial charge is 0.496 e. The number of nitrogens with zero attached hydrogens (tertiary/aromatic N) is 1. The third-order valence-corrected chi connectivity index (χ3v) is 5.40. The molecule has 3 rings (SSSR count). The maximum absolute atomic E-state index is 6.07. The molecule has 0 aliphatic carbocycles. The molecule has 6 heteroatoms. The maximum Gasteiger partial charge on any atom is 0.507 e. The van der Waals surface area contributed by atoms with E-state index in [0.717, 1.165) is 21.1 Å². The lowest BCUT2D eigenvalue weighted by molar-refractivity contribution is 0.00578. The van der Waals surface area contributed by atoms with Crippen molar-refractivity contribution in [2.75, 3.05) is 7.11 Å². The third-order valence-electron chi connectivity index (χ3n) is 4.35. The predicted molar refractivity (Wildman–Crippen MR) is 89.8 cm³/mol. The molecule has 0 amide bonds. The van der Waals surface area contributed by atoms with Gasteiger partial charge in [-0.25, -0.2) is 4.98 Å². The Labute approximate surface area is 135 Å². The second kappa shape index (κ2) is 5.37. The Morgan fingerprint density at radius 1 is 1.09 bits per heavy atom. The van der Waals surface area contributed by atoms with Crippen molar-refractivity contribution in [3.05, 3.63) is 30.5 Å². The van der Waals surface area contributed by atoms with Crippen molar-refractivity contribution < 1.29 is 14.0 Å². The number of para-hydroxylation sites is 1. The first-order chi connectivity index (χ1) is 10.3. The molecule has 2 heterocycles.